The van der Waals surface area contributed by atoms with Gasteiger partial charge in [0.15, 0.2) is 0 Å². The SMILES string of the molecule is CCCC.CCn1c(C(=O)/C(=C(/C)N)c2ccccc2C)cc2ccsc21. The van der Waals surface area contributed by atoms with Gasteiger partial charge in [-0.3, -0.25) is 4.79 Å². The third-order valence-corrected chi connectivity index (χ3v) is 5.54. The number of nitrogens with zero attached hydrogens (tertiary/aromatic N) is 1. The van der Waals surface area contributed by atoms with Gasteiger partial charge in [-0.15, -0.1) is 11.3 Å². The van der Waals surface area contributed by atoms with Gasteiger partial charge in [0, 0.05) is 17.6 Å². The van der Waals surface area contributed by atoms with E-state index >= 15 is 0 Å². The zero-order valence-electron chi connectivity index (χ0n) is 17.0. The Morgan fingerprint density at radius 1 is 1.11 bits per heavy atom. The Kier molecular flexibility index (Phi) is 7.43. The number of benzene rings is 1. The van der Waals surface area contributed by atoms with Crippen LogP contribution in [0.15, 0.2) is 47.5 Å². The lowest BCUT2D eigenvalue weighted by Crippen LogP contribution is -2.14. The van der Waals surface area contributed by atoms with Crippen molar-refractivity contribution in [2.75, 3.05) is 0 Å². The van der Waals surface area contributed by atoms with Gasteiger partial charge in [0.25, 0.3) is 0 Å². The fourth-order valence-corrected chi connectivity index (χ4v) is 3.93. The second-order valence-corrected chi connectivity index (χ2v) is 7.55. The first kappa shape index (κ1) is 21.0. The molecule has 27 heavy (non-hydrogen) atoms. The monoisotopic (exact) mass is 382 g/mol. The fraction of sp³-hybridized carbons (Fsp3) is 0.348. The van der Waals surface area contributed by atoms with Gasteiger partial charge in [0.05, 0.1) is 11.3 Å². The molecule has 0 fully saturated rings. The number of hydrogen-bond acceptors (Lipinski definition) is 3. The molecule has 0 saturated carbocycles. The number of thiophene rings is 1. The number of hydrogen-bond donors (Lipinski definition) is 1. The summed E-state index contributed by atoms with van der Waals surface area (Å²) in [7, 11) is 0. The van der Waals surface area contributed by atoms with Gasteiger partial charge >= 0.3 is 0 Å². The lowest BCUT2D eigenvalue weighted by molar-refractivity contribution is 0.104. The third kappa shape index (κ3) is 4.51. The maximum absolute atomic E-state index is 13.2. The molecule has 0 aliphatic heterocycles. The van der Waals surface area contributed by atoms with Crippen LogP contribution in [0.3, 0.4) is 0 Å². The molecule has 0 atom stereocenters. The molecule has 0 saturated heterocycles. The van der Waals surface area contributed by atoms with Crippen molar-refractivity contribution < 1.29 is 4.79 Å². The molecule has 144 valence electrons. The summed E-state index contributed by atoms with van der Waals surface area (Å²) < 4.78 is 2.07. The Bertz CT molecular complexity index is 940. The maximum Gasteiger partial charge on any atom is 0.211 e. The number of rotatable bonds is 5. The van der Waals surface area contributed by atoms with Crippen molar-refractivity contribution in [2.45, 2.75) is 54.0 Å². The van der Waals surface area contributed by atoms with Crippen LogP contribution >= 0.6 is 11.3 Å². The average molecular weight is 383 g/mol. The lowest BCUT2D eigenvalue weighted by Gasteiger charge is -2.13. The number of allylic oxidation sites excluding steroid dienone is 2. The number of nitrogens with two attached hydrogens (primary N) is 1. The Labute approximate surface area is 166 Å². The highest BCUT2D eigenvalue weighted by atomic mass is 32.1. The van der Waals surface area contributed by atoms with Crippen molar-refractivity contribution in [2.24, 2.45) is 5.73 Å². The van der Waals surface area contributed by atoms with E-state index in [4.69, 9.17) is 5.73 Å². The minimum absolute atomic E-state index is 0.00968. The van der Waals surface area contributed by atoms with Crippen LogP contribution in [0.2, 0.25) is 0 Å². The molecule has 2 N–H and O–H groups in total. The zero-order chi connectivity index (χ0) is 20.0. The van der Waals surface area contributed by atoms with Gasteiger partial charge in [0.2, 0.25) is 5.78 Å². The van der Waals surface area contributed by atoms with E-state index in [0.29, 0.717) is 17.0 Å². The second-order valence-electron chi connectivity index (χ2n) is 6.66. The van der Waals surface area contributed by atoms with Crippen LogP contribution in [-0.4, -0.2) is 10.4 Å². The van der Waals surface area contributed by atoms with Crippen molar-refractivity contribution in [3.05, 3.63) is 64.3 Å². The molecule has 0 unspecified atom stereocenters. The molecular formula is C23H30N2OS. The summed E-state index contributed by atoms with van der Waals surface area (Å²) in [5, 5.41) is 3.16. The lowest BCUT2D eigenvalue weighted by atomic mass is 9.94. The van der Waals surface area contributed by atoms with Crippen molar-refractivity contribution in [1.29, 1.82) is 0 Å². The molecule has 0 amide bonds. The van der Waals surface area contributed by atoms with Crippen LogP contribution in [-0.2, 0) is 6.54 Å². The Balaban J connectivity index is 0.000000596. The number of fused-ring (bicyclic) bond motifs is 1. The van der Waals surface area contributed by atoms with Crippen LogP contribution in [0, 0.1) is 6.92 Å². The van der Waals surface area contributed by atoms with Crippen molar-refractivity contribution in [3.8, 4) is 0 Å². The summed E-state index contributed by atoms with van der Waals surface area (Å²) in [4.78, 5) is 14.4. The Morgan fingerprint density at radius 2 is 1.78 bits per heavy atom. The summed E-state index contributed by atoms with van der Waals surface area (Å²) in [5.41, 5.74) is 9.91. The van der Waals surface area contributed by atoms with Crippen LogP contribution in [0.25, 0.3) is 15.8 Å². The minimum Gasteiger partial charge on any atom is -0.402 e. The number of Topliss-reactive ketones (excluding diaryl/α,β-unsaturated/α-hetero) is 1. The molecule has 4 heteroatoms. The van der Waals surface area contributed by atoms with Gasteiger partial charge in [-0.05, 0) is 49.4 Å². The highest BCUT2D eigenvalue weighted by Crippen LogP contribution is 2.30. The number of ketones is 1. The zero-order valence-corrected chi connectivity index (χ0v) is 17.8. The first-order valence-corrected chi connectivity index (χ1v) is 10.5. The molecule has 0 radical (unpaired) electrons. The molecule has 0 bridgehead atoms. The fourth-order valence-electron chi connectivity index (χ4n) is 2.97. The predicted octanol–water partition coefficient (Wildman–Crippen LogP) is 6.41. The van der Waals surface area contributed by atoms with E-state index in [1.54, 1.807) is 18.3 Å². The number of aryl methyl sites for hydroxylation is 2. The maximum atomic E-state index is 13.2. The summed E-state index contributed by atoms with van der Waals surface area (Å²) in [6, 6.07) is 11.9. The van der Waals surface area contributed by atoms with Crippen LogP contribution < -0.4 is 5.73 Å². The van der Waals surface area contributed by atoms with E-state index < -0.39 is 0 Å². The molecule has 3 aromatic rings. The summed E-state index contributed by atoms with van der Waals surface area (Å²) in [5.74, 6) is -0.00968. The number of unbranched alkanes of at least 4 members (excludes halogenated alkanes) is 1. The first-order chi connectivity index (χ1) is 13.0. The molecule has 2 heterocycles. The van der Waals surface area contributed by atoms with E-state index in [0.717, 1.165) is 27.9 Å². The van der Waals surface area contributed by atoms with Crippen LogP contribution in [0.4, 0.5) is 0 Å². The average Bonchev–Trinajstić information content (AvgIpc) is 3.24. The topological polar surface area (TPSA) is 48.0 Å². The Hall–Kier alpha value is -2.33. The molecule has 0 spiro atoms. The Morgan fingerprint density at radius 3 is 2.33 bits per heavy atom. The quantitative estimate of drug-likeness (QED) is 0.409. The molecule has 0 aliphatic carbocycles. The molecule has 1 aromatic carbocycles. The molecule has 3 rings (SSSR count). The minimum atomic E-state index is -0.00968. The van der Waals surface area contributed by atoms with E-state index in [2.05, 4.69) is 36.8 Å². The van der Waals surface area contributed by atoms with Gasteiger partial charge < -0.3 is 10.3 Å². The largest absolute Gasteiger partial charge is 0.402 e. The number of carbonyl (C=O) groups excluding carboxylic acids is 1. The van der Waals surface area contributed by atoms with Crippen molar-refractivity contribution in [3.63, 3.8) is 0 Å². The normalized spacial score (nSPS) is 11.7. The summed E-state index contributed by atoms with van der Waals surface area (Å²) in [6.07, 6.45) is 2.64. The van der Waals surface area contributed by atoms with Gasteiger partial charge in [-0.1, -0.05) is 51.0 Å². The smallest absolute Gasteiger partial charge is 0.211 e. The van der Waals surface area contributed by atoms with E-state index in [-0.39, 0.29) is 5.78 Å². The van der Waals surface area contributed by atoms with Crippen molar-refractivity contribution in [1.82, 2.24) is 4.57 Å². The van der Waals surface area contributed by atoms with Gasteiger partial charge in [-0.2, -0.15) is 0 Å². The van der Waals surface area contributed by atoms with Crippen LogP contribution in [0.1, 0.15) is 62.2 Å². The standard InChI is InChI=1S/C19H20N2OS.C4H10/c1-4-21-16(11-14-9-10-23-19(14)21)18(22)17(13(3)20)15-8-6-5-7-12(15)2;1-3-4-2/h5-11H,4,20H2,1-3H3;3-4H2,1-2H3/b17-13-;. The van der Waals surface area contributed by atoms with Crippen LogP contribution in [0.5, 0.6) is 0 Å². The molecule has 0 aliphatic rings. The summed E-state index contributed by atoms with van der Waals surface area (Å²) in [6.45, 7) is 11.0. The molecule has 2 aromatic heterocycles. The van der Waals surface area contributed by atoms with Gasteiger partial charge in [-0.25, -0.2) is 0 Å². The highest BCUT2D eigenvalue weighted by Gasteiger charge is 2.22. The highest BCUT2D eigenvalue weighted by molar-refractivity contribution is 7.16. The third-order valence-electron chi connectivity index (χ3n) is 4.59. The second kappa shape index (κ2) is 9.56. The molecule has 3 nitrogen and oxygen atoms in total. The number of aromatic nitrogens is 1. The molecular weight excluding hydrogens is 352 g/mol. The summed E-state index contributed by atoms with van der Waals surface area (Å²) >= 11 is 1.66. The number of carbonyl (C=O) groups is 1. The predicted molar refractivity (Wildman–Crippen MR) is 118 cm³/mol. The van der Waals surface area contributed by atoms with Gasteiger partial charge in [0.1, 0.15) is 4.83 Å². The first-order valence-electron chi connectivity index (χ1n) is 9.59. The van der Waals surface area contributed by atoms with Crippen molar-refractivity contribution >= 4 is 32.9 Å². The van der Waals surface area contributed by atoms with E-state index in [1.165, 1.54) is 12.8 Å². The van der Waals surface area contributed by atoms with E-state index in [9.17, 15) is 4.79 Å². The van der Waals surface area contributed by atoms with E-state index in [1.807, 2.05) is 37.3 Å².